The molecule has 166 valence electrons. The number of para-hydroxylation sites is 1. The molecule has 0 aliphatic carbocycles. The molecule has 0 atom stereocenters. The molecule has 1 N–H and O–H groups in total. The van der Waals surface area contributed by atoms with Gasteiger partial charge < -0.3 is 4.74 Å². The van der Waals surface area contributed by atoms with Gasteiger partial charge in [0, 0.05) is 11.3 Å². The third kappa shape index (κ3) is 5.67. The molecule has 0 radical (unpaired) electrons. The second kappa shape index (κ2) is 10.6. The highest BCUT2D eigenvalue weighted by molar-refractivity contribution is 7.99. The Bertz CT molecular complexity index is 1240. The maximum atomic E-state index is 12.3. The van der Waals surface area contributed by atoms with Crippen LogP contribution in [0.25, 0.3) is 17.1 Å². The Morgan fingerprint density at radius 1 is 1.03 bits per heavy atom. The number of aromatic nitrogens is 3. The van der Waals surface area contributed by atoms with Crippen LogP contribution in [-0.4, -0.2) is 39.7 Å². The van der Waals surface area contributed by atoms with E-state index in [-0.39, 0.29) is 11.7 Å². The molecule has 0 spiro atoms. The van der Waals surface area contributed by atoms with Gasteiger partial charge in [-0.1, -0.05) is 59.8 Å². The summed E-state index contributed by atoms with van der Waals surface area (Å²) in [6.45, 7) is 2.02. The Labute approximate surface area is 196 Å². The van der Waals surface area contributed by atoms with E-state index < -0.39 is 0 Å². The van der Waals surface area contributed by atoms with Crippen molar-refractivity contribution in [1.29, 1.82) is 0 Å². The summed E-state index contributed by atoms with van der Waals surface area (Å²) in [6, 6.07) is 25.3. The summed E-state index contributed by atoms with van der Waals surface area (Å²) in [5, 5.41) is 13.4. The normalized spacial score (nSPS) is 11.0. The number of thioether (sulfide) groups is 1. The van der Waals surface area contributed by atoms with Crippen LogP contribution in [0.15, 0.2) is 89.1 Å². The number of hydrogen-bond donors (Lipinski definition) is 1. The summed E-state index contributed by atoms with van der Waals surface area (Å²) in [7, 11) is 1.63. The molecule has 3 aromatic carbocycles. The lowest BCUT2D eigenvalue weighted by Crippen LogP contribution is -2.20. The van der Waals surface area contributed by atoms with E-state index in [1.807, 2.05) is 90.4 Å². The second-order valence-corrected chi connectivity index (χ2v) is 8.14. The van der Waals surface area contributed by atoms with Gasteiger partial charge in [0.15, 0.2) is 11.0 Å². The number of carbonyl (C=O) groups excluding carboxylic acids is 1. The van der Waals surface area contributed by atoms with Crippen molar-refractivity contribution in [2.75, 3.05) is 12.9 Å². The predicted molar refractivity (Wildman–Crippen MR) is 131 cm³/mol. The smallest absolute Gasteiger partial charge is 0.250 e. The minimum absolute atomic E-state index is 0.152. The molecule has 1 aromatic heterocycles. The van der Waals surface area contributed by atoms with Crippen molar-refractivity contribution in [3.63, 3.8) is 0 Å². The summed E-state index contributed by atoms with van der Waals surface area (Å²) in [6.07, 6.45) is 1.62. The van der Waals surface area contributed by atoms with E-state index in [4.69, 9.17) is 4.74 Å². The van der Waals surface area contributed by atoms with Crippen LogP contribution in [0.4, 0.5) is 0 Å². The molecule has 0 fully saturated rings. The zero-order chi connectivity index (χ0) is 23.0. The highest BCUT2D eigenvalue weighted by Gasteiger charge is 2.17. The van der Waals surface area contributed by atoms with E-state index in [1.54, 1.807) is 13.3 Å². The summed E-state index contributed by atoms with van der Waals surface area (Å²) >= 11 is 1.30. The van der Waals surface area contributed by atoms with Crippen LogP contribution >= 0.6 is 11.8 Å². The van der Waals surface area contributed by atoms with Gasteiger partial charge in [0.2, 0.25) is 0 Å². The molecule has 0 aliphatic heterocycles. The predicted octanol–water partition coefficient (Wildman–Crippen LogP) is 4.49. The minimum atomic E-state index is -0.225. The molecule has 33 heavy (non-hydrogen) atoms. The van der Waals surface area contributed by atoms with Crippen LogP contribution in [0, 0.1) is 6.92 Å². The molecule has 0 unspecified atom stereocenters. The van der Waals surface area contributed by atoms with Crippen molar-refractivity contribution >= 4 is 23.9 Å². The van der Waals surface area contributed by atoms with Crippen LogP contribution in [0.1, 0.15) is 11.1 Å². The number of carbonyl (C=O) groups is 1. The summed E-state index contributed by atoms with van der Waals surface area (Å²) in [5.74, 6) is 1.38. The fourth-order valence-electron chi connectivity index (χ4n) is 3.09. The number of hydrazone groups is 1. The lowest BCUT2D eigenvalue weighted by molar-refractivity contribution is -0.118. The Morgan fingerprint density at radius 2 is 1.76 bits per heavy atom. The molecule has 4 rings (SSSR count). The first-order valence-electron chi connectivity index (χ1n) is 10.3. The number of amides is 1. The van der Waals surface area contributed by atoms with E-state index in [2.05, 4.69) is 20.7 Å². The van der Waals surface area contributed by atoms with E-state index in [0.717, 1.165) is 22.6 Å². The van der Waals surface area contributed by atoms with Crippen LogP contribution in [0.3, 0.4) is 0 Å². The van der Waals surface area contributed by atoms with Crippen LogP contribution in [-0.2, 0) is 4.79 Å². The van der Waals surface area contributed by atoms with Gasteiger partial charge in [0.1, 0.15) is 5.75 Å². The second-order valence-electron chi connectivity index (χ2n) is 7.20. The lowest BCUT2D eigenvalue weighted by Gasteiger charge is -2.10. The zero-order valence-corrected chi connectivity index (χ0v) is 19.1. The largest absolute Gasteiger partial charge is 0.497 e. The number of aryl methyl sites for hydroxylation is 1. The van der Waals surface area contributed by atoms with Crippen molar-refractivity contribution < 1.29 is 9.53 Å². The number of hydrogen-bond acceptors (Lipinski definition) is 6. The third-order valence-corrected chi connectivity index (χ3v) is 5.74. The van der Waals surface area contributed by atoms with Crippen molar-refractivity contribution in [3.05, 3.63) is 90.0 Å². The molecule has 4 aromatic rings. The quantitative estimate of drug-likeness (QED) is 0.239. The first-order chi connectivity index (χ1) is 16.1. The van der Waals surface area contributed by atoms with Gasteiger partial charge in [0.25, 0.3) is 5.91 Å². The van der Waals surface area contributed by atoms with Gasteiger partial charge in [-0.15, -0.1) is 10.2 Å². The van der Waals surface area contributed by atoms with Crippen molar-refractivity contribution in [2.24, 2.45) is 5.10 Å². The molecule has 0 aliphatic rings. The van der Waals surface area contributed by atoms with Gasteiger partial charge in [-0.2, -0.15) is 5.10 Å². The number of rotatable bonds is 8. The summed E-state index contributed by atoms with van der Waals surface area (Å²) < 4.78 is 7.19. The van der Waals surface area contributed by atoms with Crippen molar-refractivity contribution in [2.45, 2.75) is 12.1 Å². The number of nitrogens with zero attached hydrogens (tertiary/aromatic N) is 4. The summed E-state index contributed by atoms with van der Waals surface area (Å²) in [5.41, 5.74) is 6.46. The topological polar surface area (TPSA) is 81.4 Å². The Hall–Kier alpha value is -3.91. The number of ether oxygens (including phenoxy) is 1. The molecule has 8 heteroatoms. The standard InChI is InChI=1S/C25H23N5O2S/c1-18-8-10-19(11-9-18)16-26-27-23(31)17-33-25-29-28-24(20-12-14-22(32-2)15-13-20)30(25)21-6-4-3-5-7-21/h3-16H,17H2,1-2H3,(H,27,31)/b26-16+. The van der Waals surface area contributed by atoms with E-state index in [1.165, 1.54) is 17.3 Å². The molecule has 1 amide bonds. The third-order valence-electron chi connectivity index (χ3n) is 4.81. The fourth-order valence-corrected chi connectivity index (χ4v) is 3.84. The average molecular weight is 458 g/mol. The zero-order valence-electron chi connectivity index (χ0n) is 18.3. The van der Waals surface area contributed by atoms with Gasteiger partial charge in [-0.05, 0) is 48.9 Å². The highest BCUT2D eigenvalue weighted by atomic mass is 32.2. The maximum Gasteiger partial charge on any atom is 0.250 e. The van der Waals surface area contributed by atoms with Gasteiger partial charge >= 0.3 is 0 Å². The van der Waals surface area contributed by atoms with Crippen LogP contribution in [0.2, 0.25) is 0 Å². The van der Waals surface area contributed by atoms with Gasteiger partial charge in [-0.25, -0.2) is 5.43 Å². The van der Waals surface area contributed by atoms with Gasteiger partial charge in [-0.3, -0.25) is 9.36 Å². The fraction of sp³-hybridized carbons (Fsp3) is 0.120. The molecular formula is C25H23N5O2S. The monoisotopic (exact) mass is 457 g/mol. The Balaban J connectivity index is 1.49. The van der Waals surface area contributed by atoms with Crippen molar-refractivity contribution in [1.82, 2.24) is 20.2 Å². The maximum absolute atomic E-state index is 12.3. The van der Waals surface area contributed by atoms with Gasteiger partial charge in [0.05, 0.1) is 19.1 Å². The highest BCUT2D eigenvalue weighted by Crippen LogP contribution is 2.28. The van der Waals surface area contributed by atoms with Crippen LogP contribution < -0.4 is 10.2 Å². The molecular weight excluding hydrogens is 434 g/mol. The summed E-state index contributed by atoms with van der Waals surface area (Å²) in [4.78, 5) is 12.3. The van der Waals surface area contributed by atoms with E-state index in [9.17, 15) is 4.79 Å². The first-order valence-corrected chi connectivity index (χ1v) is 11.3. The number of benzene rings is 3. The minimum Gasteiger partial charge on any atom is -0.497 e. The molecule has 1 heterocycles. The van der Waals surface area contributed by atoms with E-state index >= 15 is 0 Å². The Kier molecular flexibility index (Phi) is 7.16. The molecule has 7 nitrogen and oxygen atoms in total. The molecule has 0 saturated heterocycles. The number of methoxy groups -OCH3 is 1. The average Bonchev–Trinajstić information content (AvgIpc) is 3.28. The lowest BCUT2D eigenvalue weighted by atomic mass is 10.2. The molecule has 0 bridgehead atoms. The van der Waals surface area contributed by atoms with Crippen LogP contribution in [0.5, 0.6) is 5.75 Å². The Morgan fingerprint density at radius 3 is 2.45 bits per heavy atom. The SMILES string of the molecule is COc1ccc(-c2nnc(SCC(=O)N/N=C/c3ccc(C)cc3)n2-c2ccccc2)cc1. The molecule has 0 saturated carbocycles. The number of nitrogens with one attached hydrogen (secondary N) is 1. The van der Waals surface area contributed by atoms with E-state index in [0.29, 0.717) is 11.0 Å². The first kappa shape index (κ1) is 22.3. The van der Waals surface area contributed by atoms with Crippen molar-refractivity contribution in [3.8, 4) is 22.8 Å².